The zero-order valence-corrected chi connectivity index (χ0v) is 15.5. The van der Waals surface area contributed by atoms with Crippen molar-refractivity contribution in [3.8, 4) is 0 Å². The van der Waals surface area contributed by atoms with Crippen molar-refractivity contribution in [1.82, 2.24) is 10.0 Å². The molecule has 2 rings (SSSR count). The van der Waals surface area contributed by atoms with Crippen LogP contribution in [0, 0.1) is 0 Å². The van der Waals surface area contributed by atoms with E-state index >= 15 is 0 Å². The lowest BCUT2D eigenvalue weighted by atomic mass is 10.1. The standard InChI is InChI=1S/C17H21N3O5S/c1-17(2,3)20-26(23,24)13-7-4-6-12(10-13)19-15(21)11-18-16(22)14-8-5-9-25-14/h4-10,20H,11H2,1-3H3,(H,18,22)(H,19,21). The molecule has 0 aliphatic heterocycles. The second-order valence-electron chi connectivity index (χ2n) is 6.59. The van der Waals surface area contributed by atoms with Gasteiger partial charge >= 0.3 is 0 Å². The van der Waals surface area contributed by atoms with Crippen molar-refractivity contribution >= 4 is 27.5 Å². The van der Waals surface area contributed by atoms with Gasteiger partial charge in [-0.3, -0.25) is 9.59 Å². The zero-order chi connectivity index (χ0) is 19.4. The second kappa shape index (κ2) is 7.71. The van der Waals surface area contributed by atoms with Crippen molar-refractivity contribution in [2.75, 3.05) is 11.9 Å². The van der Waals surface area contributed by atoms with Crippen LogP contribution in [0.1, 0.15) is 31.3 Å². The molecule has 0 radical (unpaired) electrons. The topological polar surface area (TPSA) is 118 Å². The molecule has 8 nitrogen and oxygen atoms in total. The van der Waals surface area contributed by atoms with Crippen LogP contribution in [0.5, 0.6) is 0 Å². The van der Waals surface area contributed by atoms with Crippen LogP contribution in [-0.2, 0) is 14.8 Å². The van der Waals surface area contributed by atoms with E-state index in [2.05, 4.69) is 15.4 Å². The number of furan rings is 1. The second-order valence-corrected chi connectivity index (χ2v) is 8.27. The summed E-state index contributed by atoms with van der Waals surface area (Å²) in [5.74, 6) is -0.918. The Hall–Kier alpha value is -2.65. The third-order valence-electron chi connectivity index (χ3n) is 3.02. The number of sulfonamides is 1. The first-order valence-corrected chi connectivity index (χ1v) is 9.31. The van der Waals surface area contributed by atoms with Crippen molar-refractivity contribution in [1.29, 1.82) is 0 Å². The summed E-state index contributed by atoms with van der Waals surface area (Å²) in [5.41, 5.74) is -0.326. The largest absolute Gasteiger partial charge is 0.459 e. The van der Waals surface area contributed by atoms with Gasteiger partial charge in [0.1, 0.15) is 0 Å². The summed E-state index contributed by atoms with van der Waals surface area (Å²) >= 11 is 0. The van der Waals surface area contributed by atoms with Crippen LogP contribution < -0.4 is 15.4 Å². The van der Waals surface area contributed by atoms with Crippen molar-refractivity contribution < 1.29 is 22.4 Å². The van der Waals surface area contributed by atoms with E-state index in [1.165, 1.54) is 30.5 Å². The Bertz CT molecular complexity index is 883. The van der Waals surface area contributed by atoms with E-state index < -0.39 is 27.4 Å². The van der Waals surface area contributed by atoms with Crippen LogP contribution >= 0.6 is 0 Å². The molecule has 140 valence electrons. The van der Waals surface area contributed by atoms with Gasteiger partial charge in [0.25, 0.3) is 5.91 Å². The lowest BCUT2D eigenvalue weighted by Crippen LogP contribution is -2.40. The number of nitrogens with one attached hydrogen (secondary N) is 3. The Labute approximate surface area is 152 Å². The van der Waals surface area contributed by atoms with Gasteiger partial charge in [0, 0.05) is 11.2 Å². The summed E-state index contributed by atoms with van der Waals surface area (Å²) in [5, 5.41) is 4.95. The Morgan fingerprint density at radius 2 is 1.85 bits per heavy atom. The molecule has 0 bridgehead atoms. The number of benzene rings is 1. The van der Waals surface area contributed by atoms with E-state index in [-0.39, 0.29) is 17.2 Å². The quantitative estimate of drug-likeness (QED) is 0.706. The zero-order valence-electron chi connectivity index (χ0n) is 14.7. The van der Waals surface area contributed by atoms with Gasteiger partial charge in [-0.25, -0.2) is 13.1 Å². The minimum absolute atomic E-state index is 0.0323. The Kier molecular flexibility index (Phi) is 5.83. The molecule has 0 aliphatic rings. The third-order valence-corrected chi connectivity index (χ3v) is 4.78. The van der Waals surface area contributed by atoms with Gasteiger partial charge in [-0.2, -0.15) is 0 Å². The average Bonchev–Trinajstić information content (AvgIpc) is 3.05. The smallest absolute Gasteiger partial charge is 0.287 e. The number of rotatable bonds is 6. The van der Waals surface area contributed by atoms with Gasteiger partial charge < -0.3 is 15.1 Å². The van der Waals surface area contributed by atoms with Crippen LogP contribution in [0.15, 0.2) is 52.0 Å². The van der Waals surface area contributed by atoms with E-state index in [9.17, 15) is 18.0 Å². The number of hydrogen-bond donors (Lipinski definition) is 3. The first kappa shape index (κ1) is 19.7. The maximum Gasteiger partial charge on any atom is 0.287 e. The highest BCUT2D eigenvalue weighted by atomic mass is 32.2. The highest BCUT2D eigenvalue weighted by molar-refractivity contribution is 7.89. The minimum Gasteiger partial charge on any atom is -0.459 e. The highest BCUT2D eigenvalue weighted by Crippen LogP contribution is 2.17. The highest BCUT2D eigenvalue weighted by Gasteiger charge is 2.22. The van der Waals surface area contributed by atoms with E-state index in [0.717, 1.165) is 0 Å². The summed E-state index contributed by atoms with van der Waals surface area (Å²) < 4.78 is 32.1. The van der Waals surface area contributed by atoms with Gasteiger partial charge in [-0.05, 0) is 51.1 Å². The maximum absolute atomic E-state index is 12.3. The molecule has 26 heavy (non-hydrogen) atoms. The van der Waals surface area contributed by atoms with Gasteiger partial charge in [-0.1, -0.05) is 6.07 Å². The molecule has 0 aliphatic carbocycles. The van der Waals surface area contributed by atoms with E-state index in [1.807, 2.05) is 0 Å². The number of carbonyl (C=O) groups is 2. The average molecular weight is 379 g/mol. The molecule has 1 aromatic carbocycles. The molecule has 3 N–H and O–H groups in total. The SMILES string of the molecule is CC(C)(C)NS(=O)(=O)c1cccc(NC(=O)CNC(=O)c2ccco2)c1. The summed E-state index contributed by atoms with van der Waals surface area (Å²) in [6.45, 7) is 4.92. The Balaban J connectivity index is 1.99. The first-order valence-electron chi connectivity index (χ1n) is 7.82. The summed E-state index contributed by atoms with van der Waals surface area (Å²) in [7, 11) is -3.72. The van der Waals surface area contributed by atoms with Crippen LogP contribution in [0.4, 0.5) is 5.69 Å². The molecule has 0 saturated heterocycles. The van der Waals surface area contributed by atoms with Crippen LogP contribution in [0.3, 0.4) is 0 Å². The molecule has 9 heteroatoms. The van der Waals surface area contributed by atoms with Crippen molar-refractivity contribution in [3.63, 3.8) is 0 Å². The monoisotopic (exact) mass is 379 g/mol. The molecule has 0 atom stereocenters. The van der Waals surface area contributed by atoms with E-state index in [4.69, 9.17) is 4.42 Å². The molecule has 2 amide bonds. The molecule has 0 spiro atoms. The molecule has 0 fully saturated rings. The van der Waals surface area contributed by atoms with Gasteiger partial charge in [-0.15, -0.1) is 0 Å². The van der Waals surface area contributed by atoms with Gasteiger partial charge in [0.2, 0.25) is 15.9 Å². The molecule has 2 aromatic rings. The predicted molar refractivity (Wildman–Crippen MR) is 96.2 cm³/mol. The van der Waals surface area contributed by atoms with Gasteiger partial charge in [0.05, 0.1) is 17.7 Å². The van der Waals surface area contributed by atoms with Crippen LogP contribution in [0.25, 0.3) is 0 Å². The third kappa shape index (κ3) is 5.71. The molecule has 1 heterocycles. The summed E-state index contributed by atoms with van der Waals surface area (Å²) in [4.78, 5) is 23.7. The minimum atomic E-state index is -3.72. The fraction of sp³-hybridized carbons (Fsp3) is 0.294. The lowest BCUT2D eigenvalue weighted by molar-refractivity contribution is -0.115. The Morgan fingerprint density at radius 3 is 2.46 bits per heavy atom. The number of carbonyl (C=O) groups excluding carboxylic acids is 2. The maximum atomic E-state index is 12.3. The Morgan fingerprint density at radius 1 is 1.12 bits per heavy atom. The normalized spacial score (nSPS) is 11.8. The number of anilines is 1. The van der Waals surface area contributed by atoms with Crippen molar-refractivity contribution in [2.45, 2.75) is 31.2 Å². The van der Waals surface area contributed by atoms with Crippen molar-refractivity contribution in [2.24, 2.45) is 0 Å². The number of amides is 2. The van der Waals surface area contributed by atoms with Crippen LogP contribution in [-0.4, -0.2) is 32.3 Å². The predicted octanol–water partition coefficient (Wildman–Crippen LogP) is 1.72. The van der Waals surface area contributed by atoms with E-state index in [1.54, 1.807) is 32.9 Å². The molecular weight excluding hydrogens is 358 g/mol. The lowest BCUT2D eigenvalue weighted by Gasteiger charge is -2.20. The summed E-state index contributed by atoms with van der Waals surface area (Å²) in [6, 6.07) is 8.90. The fourth-order valence-electron chi connectivity index (χ4n) is 2.06. The van der Waals surface area contributed by atoms with Crippen molar-refractivity contribution in [3.05, 3.63) is 48.4 Å². The number of hydrogen-bond acceptors (Lipinski definition) is 5. The van der Waals surface area contributed by atoms with E-state index in [0.29, 0.717) is 5.69 Å². The molecule has 0 unspecified atom stereocenters. The first-order chi connectivity index (χ1) is 12.1. The molecular formula is C17H21N3O5S. The molecule has 1 aromatic heterocycles. The molecule has 0 saturated carbocycles. The van der Waals surface area contributed by atoms with Crippen LogP contribution in [0.2, 0.25) is 0 Å². The van der Waals surface area contributed by atoms with Gasteiger partial charge in [0.15, 0.2) is 5.76 Å². The fourth-order valence-corrected chi connectivity index (χ4v) is 3.53. The summed E-state index contributed by atoms with van der Waals surface area (Å²) in [6.07, 6.45) is 1.35.